The predicted octanol–water partition coefficient (Wildman–Crippen LogP) is 4.81. The molecule has 0 fully saturated rings. The summed E-state index contributed by atoms with van der Waals surface area (Å²) in [6, 6.07) is 5.85. The maximum atomic E-state index is 5.93. The molecule has 0 unspecified atom stereocenters. The van der Waals surface area contributed by atoms with Crippen LogP contribution in [0.2, 0.25) is 5.15 Å². The van der Waals surface area contributed by atoms with Gasteiger partial charge in [-0.3, -0.25) is 0 Å². The highest BCUT2D eigenvalue weighted by Gasteiger charge is 2.12. The molecule has 5 heteroatoms. The van der Waals surface area contributed by atoms with Crippen LogP contribution in [0, 0.1) is 0 Å². The van der Waals surface area contributed by atoms with Gasteiger partial charge in [0.2, 0.25) is 0 Å². The Morgan fingerprint density at radius 2 is 1.94 bits per heavy atom. The lowest BCUT2D eigenvalue weighted by Gasteiger charge is -2.13. The van der Waals surface area contributed by atoms with E-state index in [1.165, 1.54) is 6.20 Å². The second-order valence-corrected chi connectivity index (χ2v) is 5.36. The lowest BCUT2D eigenvalue weighted by Crippen LogP contribution is -1.96. The summed E-state index contributed by atoms with van der Waals surface area (Å²) in [7, 11) is 0. The number of hydrogen-bond donors (Lipinski definition) is 0. The third-order valence-electron chi connectivity index (χ3n) is 2.42. The summed E-state index contributed by atoms with van der Waals surface area (Å²) in [5.41, 5.74) is 1.09. The molecule has 2 rings (SSSR count). The van der Waals surface area contributed by atoms with E-state index in [1.807, 2.05) is 18.2 Å². The first-order valence-corrected chi connectivity index (χ1v) is 6.69. The van der Waals surface area contributed by atoms with E-state index in [0.29, 0.717) is 11.8 Å². The van der Waals surface area contributed by atoms with Crippen LogP contribution >= 0.6 is 27.5 Å². The molecule has 0 bridgehead atoms. The average Bonchev–Trinajstić information content (AvgIpc) is 2.34. The molecule has 0 amide bonds. The van der Waals surface area contributed by atoms with Crippen molar-refractivity contribution in [3.63, 3.8) is 0 Å². The van der Waals surface area contributed by atoms with Crippen LogP contribution in [0.1, 0.15) is 25.3 Å². The number of rotatable bonds is 3. The van der Waals surface area contributed by atoms with Gasteiger partial charge < -0.3 is 4.74 Å². The highest BCUT2D eigenvalue weighted by Crippen LogP contribution is 2.33. The third kappa shape index (κ3) is 3.00. The predicted molar refractivity (Wildman–Crippen MR) is 75.3 cm³/mol. The van der Waals surface area contributed by atoms with E-state index < -0.39 is 0 Å². The maximum absolute atomic E-state index is 5.93. The van der Waals surface area contributed by atoms with Crippen LogP contribution in [0.5, 0.6) is 11.6 Å². The molecule has 0 radical (unpaired) electrons. The minimum Gasteiger partial charge on any atom is -0.436 e. The number of ether oxygens (including phenoxy) is 1. The Kier molecular flexibility index (Phi) is 4.19. The standard InChI is InChI=1S/C13H12BrClN2O/c1-8(2)10-7-9(14)3-4-11(10)18-13-12(15)16-5-6-17-13/h3-8H,1-2H3. The highest BCUT2D eigenvalue weighted by atomic mass is 79.9. The molecule has 3 nitrogen and oxygen atoms in total. The Morgan fingerprint density at radius 3 is 2.61 bits per heavy atom. The van der Waals surface area contributed by atoms with Crippen molar-refractivity contribution in [3.05, 3.63) is 45.8 Å². The van der Waals surface area contributed by atoms with Crippen LogP contribution in [0.3, 0.4) is 0 Å². The minimum absolute atomic E-state index is 0.259. The van der Waals surface area contributed by atoms with Crippen molar-refractivity contribution in [2.75, 3.05) is 0 Å². The fourth-order valence-electron chi connectivity index (χ4n) is 1.54. The molecular formula is C13H12BrClN2O. The highest BCUT2D eigenvalue weighted by molar-refractivity contribution is 9.10. The molecule has 1 aromatic heterocycles. The monoisotopic (exact) mass is 326 g/mol. The largest absolute Gasteiger partial charge is 0.436 e. The second kappa shape index (κ2) is 5.67. The molecular weight excluding hydrogens is 316 g/mol. The van der Waals surface area contributed by atoms with Crippen LogP contribution in [0.15, 0.2) is 35.1 Å². The zero-order chi connectivity index (χ0) is 13.1. The van der Waals surface area contributed by atoms with Gasteiger partial charge in [0.15, 0.2) is 5.15 Å². The lowest BCUT2D eigenvalue weighted by molar-refractivity contribution is 0.452. The van der Waals surface area contributed by atoms with E-state index in [0.717, 1.165) is 15.8 Å². The summed E-state index contributed by atoms with van der Waals surface area (Å²) in [6.07, 6.45) is 3.08. The Labute approximate surface area is 119 Å². The van der Waals surface area contributed by atoms with Crippen molar-refractivity contribution in [1.82, 2.24) is 9.97 Å². The molecule has 0 atom stereocenters. The minimum atomic E-state index is 0.259. The van der Waals surface area contributed by atoms with Crippen LogP contribution in [-0.4, -0.2) is 9.97 Å². The van der Waals surface area contributed by atoms with E-state index in [4.69, 9.17) is 16.3 Å². The Balaban J connectivity index is 2.37. The van der Waals surface area contributed by atoms with Crippen LogP contribution < -0.4 is 4.74 Å². The van der Waals surface area contributed by atoms with Gasteiger partial charge in [-0.15, -0.1) is 0 Å². The molecule has 0 saturated heterocycles. The summed E-state index contributed by atoms with van der Waals surface area (Å²) < 4.78 is 6.75. The molecule has 0 saturated carbocycles. The summed E-state index contributed by atoms with van der Waals surface area (Å²) in [4.78, 5) is 8.00. The zero-order valence-corrected chi connectivity index (χ0v) is 12.4. The van der Waals surface area contributed by atoms with Gasteiger partial charge in [-0.2, -0.15) is 0 Å². The molecule has 0 aliphatic rings. The summed E-state index contributed by atoms with van der Waals surface area (Å²) in [6.45, 7) is 4.21. The van der Waals surface area contributed by atoms with Crippen LogP contribution in [0.25, 0.3) is 0 Å². The molecule has 0 aliphatic heterocycles. The molecule has 18 heavy (non-hydrogen) atoms. The van der Waals surface area contributed by atoms with Gasteiger partial charge in [-0.1, -0.05) is 41.4 Å². The number of hydrogen-bond acceptors (Lipinski definition) is 3. The number of benzene rings is 1. The van der Waals surface area contributed by atoms with Gasteiger partial charge >= 0.3 is 0 Å². The van der Waals surface area contributed by atoms with Crippen molar-refractivity contribution in [2.45, 2.75) is 19.8 Å². The Hall–Kier alpha value is -1.13. The summed E-state index contributed by atoms with van der Waals surface area (Å²) >= 11 is 9.38. The molecule has 1 aromatic carbocycles. The van der Waals surface area contributed by atoms with E-state index in [1.54, 1.807) is 6.20 Å². The third-order valence-corrected chi connectivity index (χ3v) is 3.18. The van der Waals surface area contributed by atoms with Gasteiger partial charge in [-0.25, -0.2) is 9.97 Å². The molecule has 0 spiro atoms. The van der Waals surface area contributed by atoms with Crippen molar-refractivity contribution >= 4 is 27.5 Å². The molecule has 0 aliphatic carbocycles. The van der Waals surface area contributed by atoms with Gasteiger partial charge in [0.25, 0.3) is 5.88 Å². The van der Waals surface area contributed by atoms with Gasteiger partial charge in [-0.05, 0) is 29.7 Å². The average molecular weight is 328 g/mol. The maximum Gasteiger partial charge on any atom is 0.257 e. The van der Waals surface area contributed by atoms with Crippen molar-refractivity contribution < 1.29 is 4.74 Å². The number of aromatic nitrogens is 2. The van der Waals surface area contributed by atoms with Gasteiger partial charge in [0.05, 0.1) is 0 Å². The normalized spacial score (nSPS) is 10.7. The molecule has 1 heterocycles. The van der Waals surface area contributed by atoms with E-state index in [-0.39, 0.29) is 5.15 Å². The molecule has 0 N–H and O–H groups in total. The van der Waals surface area contributed by atoms with Crippen LogP contribution in [0.4, 0.5) is 0 Å². The lowest BCUT2D eigenvalue weighted by atomic mass is 10.0. The van der Waals surface area contributed by atoms with E-state index in [2.05, 4.69) is 39.7 Å². The quantitative estimate of drug-likeness (QED) is 0.811. The number of halogens is 2. The van der Waals surface area contributed by atoms with Crippen molar-refractivity contribution in [2.24, 2.45) is 0 Å². The molecule has 94 valence electrons. The Morgan fingerprint density at radius 1 is 1.22 bits per heavy atom. The van der Waals surface area contributed by atoms with E-state index >= 15 is 0 Å². The fourth-order valence-corrected chi connectivity index (χ4v) is 2.07. The second-order valence-electron chi connectivity index (χ2n) is 4.09. The van der Waals surface area contributed by atoms with Crippen molar-refractivity contribution in [1.29, 1.82) is 0 Å². The van der Waals surface area contributed by atoms with Gasteiger partial charge in [0, 0.05) is 16.9 Å². The van der Waals surface area contributed by atoms with Gasteiger partial charge in [0.1, 0.15) is 5.75 Å². The summed E-state index contributed by atoms with van der Waals surface area (Å²) in [5.74, 6) is 1.41. The molecule has 2 aromatic rings. The topological polar surface area (TPSA) is 35.0 Å². The van der Waals surface area contributed by atoms with Crippen molar-refractivity contribution in [3.8, 4) is 11.6 Å². The van der Waals surface area contributed by atoms with E-state index in [9.17, 15) is 0 Å². The first-order valence-electron chi connectivity index (χ1n) is 5.51. The first-order chi connectivity index (χ1) is 8.58. The first kappa shape index (κ1) is 13.3. The summed E-state index contributed by atoms with van der Waals surface area (Å²) in [5, 5.41) is 0.259. The smallest absolute Gasteiger partial charge is 0.257 e. The Bertz CT molecular complexity index is 560. The van der Waals surface area contributed by atoms with Crippen LogP contribution in [-0.2, 0) is 0 Å². The SMILES string of the molecule is CC(C)c1cc(Br)ccc1Oc1nccnc1Cl. The fraction of sp³-hybridized carbons (Fsp3) is 0.231. The number of nitrogens with zero attached hydrogens (tertiary/aromatic N) is 2. The zero-order valence-electron chi connectivity index (χ0n) is 10.0.